The molecule has 7 nitrogen and oxygen atoms in total. The largest absolute Gasteiger partial charge is 0.350 e. The molecular weight excluding hydrogens is 344 g/mol. The summed E-state index contributed by atoms with van der Waals surface area (Å²) in [5, 5.41) is 9.74. The van der Waals surface area contributed by atoms with E-state index in [2.05, 4.69) is 15.7 Å². The zero-order valence-corrected chi connectivity index (χ0v) is 16.0. The lowest BCUT2D eigenvalue weighted by molar-refractivity contribution is 0.0938. The number of aromatic nitrogens is 2. The predicted molar refractivity (Wildman–Crippen MR) is 105 cm³/mol. The Hall–Kier alpha value is -2.96. The Morgan fingerprint density at radius 3 is 2.41 bits per heavy atom. The second-order valence-corrected chi connectivity index (χ2v) is 6.45. The Bertz CT molecular complexity index is 843. The molecule has 0 radical (unpaired) electrons. The Balaban J connectivity index is 2.05. The number of nitrogens with one attached hydrogen (secondary N) is 2. The van der Waals surface area contributed by atoms with Gasteiger partial charge >= 0.3 is 0 Å². The fourth-order valence-corrected chi connectivity index (χ4v) is 2.35. The van der Waals surface area contributed by atoms with Crippen molar-refractivity contribution in [3.8, 4) is 0 Å². The van der Waals surface area contributed by atoms with Gasteiger partial charge < -0.3 is 10.6 Å². The molecule has 0 spiro atoms. The first-order chi connectivity index (χ1) is 12.9. The van der Waals surface area contributed by atoms with Crippen LogP contribution in [0.15, 0.2) is 41.2 Å². The average molecular weight is 370 g/mol. The molecule has 1 unspecified atom stereocenters. The van der Waals surface area contributed by atoms with Crippen LogP contribution in [0.1, 0.15) is 60.9 Å². The standard InChI is InChI=1S/C20H26N4O3/c1-4-6-13-24-18(25)12-11-17(23-24)20(27)22-16-9-7-15(8-10-16)19(26)21-14(3)5-2/h7-12,14H,4-6,13H2,1-3H3,(H,21,26)(H,22,27). The Morgan fingerprint density at radius 2 is 1.78 bits per heavy atom. The summed E-state index contributed by atoms with van der Waals surface area (Å²) in [6.45, 7) is 6.45. The number of unbranched alkanes of at least 4 members (excludes halogenated alkanes) is 1. The van der Waals surface area contributed by atoms with E-state index in [1.54, 1.807) is 24.3 Å². The van der Waals surface area contributed by atoms with E-state index in [0.29, 0.717) is 17.8 Å². The van der Waals surface area contributed by atoms with Crippen LogP contribution in [0.25, 0.3) is 0 Å². The molecule has 27 heavy (non-hydrogen) atoms. The van der Waals surface area contributed by atoms with Gasteiger partial charge in [-0.3, -0.25) is 14.4 Å². The predicted octanol–water partition coefficient (Wildman–Crippen LogP) is 2.82. The van der Waals surface area contributed by atoms with Crippen molar-refractivity contribution in [1.29, 1.82) is 0 Å². The zero-order chi connectivity index (χ0) is 19.8. The molecule has 1 heterocycles. The first-order valence-electron chi connectivity index (χ1n) is 9.25. The van der Waals surface area contributed by atoms with E-state index in [0.717, 1.165) is 19.3 Å². The number of anilines is 1. The monoisotopic (exact) mass is 370 g/mol. The number of nitrogens with zero attached hydrogens (tertiary/aromatic N) is 2. The number of benzene rings is 1. The lowest BCUT2D eigenvalue weighted by atomic mass is 10.1. The van der Waals surface area contributed by atoms with Crippen molar-refractivity contribution < 1.29 is 9.59 Å². The maximum Gasteiger partial charge on any atom is 0.276 e. The number of aryl methyl sites for hydroxylation is 1. The van der Waals surface area contributed by atoms with Crippen molar-refractivity contribution in [2.45, 2.75) is 52.6 Å². The summed E-state index contributed by atoms with van der Waals surface area (Å²) in [4.78, 5) is 36.3. The summed E-state index contributed by atoms with van der Waals surface area (Å²) in [6, 6.07) is 9.50. The van der Waals surface area contributed by atoms with Crippen molar-refractivity contribution in [1.82, 2.24) is 15.1 Å². The second-order valence-electron chi connectivity index (χ2n) is 6.45. The van der Waals surface area contributed by atoms with Crippen molar-refractivity contribution >= 4 is 17.5 Å². The summed E-state index contributed by atoms with van der Waals surface area (Å²) in [5.74, 6) is -0.552. The van der Waals surface area contributed by atoms with Gasteiger partial charge in [0.05, 0.1) is 0 Å². The smallest absolute Gasteiger partial charge is 0.276 e. The van der Waals surface area contributed by atoms with Crippen LogP contribution in [0.3, 0.4) is 0 Å². The number of amides is 2. The molecule has 0 aliphatic heterocycles. The molecule has 0 saturated heterocycles. The summed E-state index contributed by atoms with van der Waals surface area (Å²) >= 11 is 0. The second kappa shape index (κ2) is 9.66. The molecule has 2 rings (SSSR count). The van der Waals surface area contributed by atoms with E-state index < -0.39 is 5.91 Å². The van der Waals surface area contributed by atoms with Gasteiger partial charge in [0.2, 0.25) is 0 Å². The molecule has 0 fully saturated rings. The molecule has 1 atom stereocenters. The van der Waals surface area contributed by atoms with E-state index in [1.165, 1.54) is 16.8 Å². The quantitative estimate of drug-likeness (QED) is 0.747. The minimum Gasteiger partial charge on any atom is -0.350 e. The van der Waals surface area contributed by atoms with Crippen LogP contribution < -0.4 is 16.2 Å². The first-order valence-corrected chi connectivity index (χ1v) is 9.25. The average Bonchev–Trinajstić information content (AvgIpc) is 2.67. The molecule has 1 aromatic carbocycles. The Kier molecular flexibility index (Phi) is 7.28. The highest BCUT2D eigenvalue weighted by Crippen LogP contribution is 2.11. The molecule has 0 saturated carbocycles. The van der Waals surface area contributed by atoms with E-state index >= 15 is 0 Å². The highest BCUT2D eigenvalue weighted by molar-refractivity contribution is 6.03. The zero-order valence-electron chi connectivity index (χ0n) is 16.0. The lowest BCUT2D eigenvalue weighted by Gasteiger charge is -2.12. The fourth-order valence-electron chi connectivity index (χ4n) is 2.35. The van der Waals surface area contributed by atoms with E-state index in [4.69, 9.17) is 0 Å². The number of carbonyl (C=O) groups excluding carboxylic acids is 2. The number of carbonyl (C=O) groups is 2. The van der Waals surface area contributed by atoms with Gasteiger partial charge in [0.1, 0.15) is 5.69 Å². The van der Waals surface area contributed by atoms with Gasteiger partial charge in [0.25, 0.3) is 17.4 Å². The van der Waals surface area contributed by atoms with E-state index in [1.807, 2.05) is 20.8 Å². The van der Waals surface area contributed by atoms with Crippen molar-refractivity contribution in [2.24, 2.45) is 0 Å². The van der Waals surface area contributed by atoms with E-state index in [9.17, 15) is 14.4 Å². The van der Waals surface area contributed by atoms with Crippen LogP contribution in [-0.2, 0) is 6.54 Å². The minimum atomic E-state index is -0.406. The highest BCUT2D eigenvalue weighted by Gasteiger charge is 2.12. The molecule has 0 bridgehead atoms. The molecule has 2 N–H and O–H groups in total. The maximum absolute atomic E-state index is 12.4. The van der Waals surface area contributed by atoms with Crippen molar-refractivity contribution in [3.63, 3.8) is 0 Å². The summed E-state index contributed by atoms with van der Waals surface area (Å²) < 4.78 is 1.31. The Labute approximate surface area is 158 Å². The van der Waals surface area contributed by atoms with Crippen LogP contribution in [-0.4, -0.2) is 27.6 Å². The topological polar surface area (TPSA) is 93.1 Å². The van der Waals surface area contributed by atoms with E-state index in [-0.39, 0.29) is 23.2 Å². The number of hydrogen-bond donors (Lipinski definition) is 2. The third kappa shape index (κ3) is 5.77. The molecule has 0 aliphatic rings. The van der Waals surface area contributed by atoms with Gasteiger partial charge in [-0.2, -0.15) is 5.10 Å². The molecule has 0 aliphatic carbocycles. The van der Waals surface area contributed by atoms with Crippen LogP contribution in [0.2, 0.25) is 0 Å². The lowest BCUT2D eigenvalue weighted by Crippen LogP contribution is -2.31. The van der Waals surface area contributed by atoms with Crippen molar-refractivity contribution in [2.75, 3.05) is 5.32 Å². The van der Waals surface area contributed by atoms with Crippen LogP contribution in [0.5, 0.6) is 0 Å². The van der Waals surface area contributed by atoms with Gasteiger partial charge in [0.15, 0.2) is 0 Å². The molecule has 1 aromatic heterocycles. The SMILES string of the molecule is CCCCn1nc(C(=O)Nc2ccc(C(=O)NC(C)CC)cc2)ccc1=O. The van der Waals surface area contributed by atoms with Gasteiger partial charge in [0, 0.05) is 29.9 Å². The van der Waals surface area contributed by atoms with Gasteiger partial charge in [-0.25, -0.2) is 4.68 Å². The third-order valence-electron chi connectivity index (χ3n) is 4.22. The fraction of sp³-hybridized carbons (Fsp3) is 0.400. The normalized spacial score (nSPS) is 11.7. The molecule has 2 amide bonds. The first kappa shape index (κ1) is 20.4. The van der Waals surface area contributed by atoms with Gasteiger partial charge in [-0.15, -0.1) is 0 Å². The third-order valence-corrected chi connectivity index (χ3v) is 4.22. The molecule has 2 aromatic rings. The Morgan fingerprint density at radius 1 is 1.07 bits per heavy atom. The number of hydrogen-bond acceptors (Lipinski definition) is 4. The van der Waals surface area contributed by atoms with Gasteiger partial charge in [-0.05, 0) is 50.1 Å². The molecular formula is C20H26N4O3. The van der Waals surface area contributed by atoms with Crippen LogP contribution in [0, 0.1) is 0 Å². The summed E-state index contributed by atoms with van der Waals surface area (Å²) in [6.07, 6.45) is 2.60. The summed E-state index contributed by atoms with van der Waals surface area (Å²) in [5.41, 5.74) is 1.02. The van der Waals surface area contributed by atoms with Crippen LogP contribution in [0.4, 0.5) is 5.69 Å². The maximum atomic E-state index is 12.4. The molecule has 7 heteroatoms. The summed E-state index contributed by atoms with van der Waals surface area (Å²) in [7, 11) is 0. The van der Waals surface area contributed by atoms with Gasteiger partial charge in [-0.1, -0.05) is 20.3 Å². The van der Waals surface area contributed by atoms with Crippen molar-refractivity contribution in [3.05, 3.63) is 58.0 Å². The highest BCUT2D eigenvalue weighted by atomic mass is 16.2. The minimum absolute atomic E-state index is 0.103. The molecule has 144 valence electrons. The number of rotatable bonds is 8. The van der Waals surface area contributed by atoms with Crippen LogP contribution >= 0.6 is 0 Å².